The van der Waals surface area contributed by atoms with Crippen LogP contribution in [0.5, 0.6) is 0 Å². The summed E-state index contributed by atoms with van der Waals surface area (Å²) in [6.07, 6.45) is -0.925. The molecule has 1 heterocycles. The van der Waals surface area contributed by atoms with Crippen LogP contribution in [0.25, 0.3) is 0 Å². The lowest BCUT2D eigenvalue weighted by atomic mass is 9.84. The van der Waals surface area contributed by atoms with Gasteiger partial charge in [-0.2, -0.15) is 0 Å². The number of Topliss-reactive ketones (excluding diaryl/α,β-unsaturated/α-hetero) is 1. The Bertz CT molecular complexity index is 587. The number of hydrogen-bond acceptors (Lipinski definition) is 7. The average molecular weight is 324 g/mol. The summed E-state index contributed by atoms with van der Waals surface area (Å²) in [6.45, 7) is 1.45. The second-order valence-corrected chi connectivity index (χ2v) is 5.73. The molecule has 0 aromatic carbocycles. The Hall–Kier alpha value is -1.83. The third kappa shape index (κ3) is 3.41. The van der Waals surface area contributed by atoms with E-state index in [0.717, 1.165) is 0 Å². The fourth-order valence-electron chi connectivity index (χ4n) is 3.06. The minimum absolute atomic E-state index is 0.00985. The molecule has 3 atom stereocenters. The first-order valence-electron chi connectivity index (χ1n) is 7.58. The number of carbonyl (C=O) groups excluding carboxylic acids is 3. The van der Waals surface area contributed by atoms with Crippen molar-refractivity contribution < 1.29 is 34.4 Å². The molecule has 0 spiro atoms. The van der Waals surface area contributed by atoms with Gasteiger partial charge in [0.1, 0.15) is 6.10 Å². The number of ether oxygens (including phenoxy) is 1. The summed E-state index contributed by atoms with van der Waals surface area (Å²) in [5, 5.41) is 29.5. The molecular formula is C16H20O7. The molecule has 2 rings (SSSR count). The fraction of sp³-hybridized carbons (Fsp3) is 0.562. The van der Waals surface area contributed by atoms with Gasteiger partial charge in [-0.3, -0.25) is 4.79 Å². The van der Waals surface area contributed by atoms with Crippen molar-refractivity contribution in [1.82, 2.24) is 0 Å². The normalized spacial score (nSPS) is 30.9. The summed E-state index contributed by atoms with van der Waals surface area (Å²) in [7, 11) is 0. The first-order chi connectivity index (χ1) is 10.9. The van der Waals surface area contributed by atoms with Gasteiger partial charge in [0.2, 0.25) is 0 Å². The Morgan fingerprint density at radius 3 is 2.52 bits per heavy atom. The zero-order valence-corrected chi connectivity index (χ0v) is 12.8. The van der Waals surface area contributed by atoms with Gasteiger partial charge in [0, 0.05) is 18.8 Å². The Morgan fingerprint density at radius 2 is 1.91 bits per heavy atom. The monoisotopic (exact) mass is 324 g/mol. The fourth-order valence-corrected chi connectivity index (χ4v) is 3.06. The lowest BCUT2D eigenvalue weighted by Crippen LogP contribution is -2.34. The van der Waals surface area contributed by atoms with Crippen LogP contribution in [-0.2, 0) is 19.1 Å². The summed E-state index contributed by atoms with van der Waals surface area (Å²) < 4.78 is 4.64. The average Bonchev–Trinajstić information content (AvgIpc) is 2.78. The maximum absolute atomic E-state index is 12.2. The van der Waals surface area contributed by atoms with Crippen LogP contribution in [0.15, 0.2) is 22.8 Å². The van der Waals surface area contributed by atoms with E-state index in [2.05, 4.69) is 4.74 Å². The van der Waals surface area contributed by atoms with Crippen LogP contribution < -0.4 is 0 Å². The second kappa shape index (κ2) is 7.16. The smallest absolute Gasteiger partial charge is 0.342 e. The van der Waals surface area contributed by atoms with Crippen LogP contribution in [0.2, 0.25) is 0 Å². The number of cyclic esters (lactones) is 2. The number of esters is 2. The molecule has 0 saturated heterocycles. The van der Waals surface area contributed by atoms with Crippen molar-refractivity contribution in [2.75, 3.05) is 6.61 Å². The maximum atomic E-state index is 12.2. The molecule has 7 nitrogen and oxygen atoms in total. The summed E-state index contributed by atoms with van der Waals surface area (Å²) >= 11 is 0. The van der Waals surface area contributed by atoms with Crippen molar-refractivity contribution in [3.8, 4) is 0 Å². The molecule has 3 N–H and O–H groups in total. The molecule has 1 aliphatic heterocycles. The van der Waals surface area contributed by atoms with E-state index in [1.54, 1.807) is 0 Å². The molecule has 0 radical (unpaired) electrons. The molecule has 0 aromatic rings. The van der Waals surface area contributed by atoms with Crippen LogP contribution in [-0.4, -0.2) is 51.9 Å². The molecule has 0 bridgehead atoms. The molecule has 0 aromatic heterocycles. The van der Waals surface area contributed by atoms with E-state index in [4.69, 9.17) is 5.11 Å². The van der Waals surface area contributed by atoms with E-state index in [1.165, 1.54) is 6.08 Å². The third-order valence-electron chi connectivity index (χ3n) is 4.22. The Balaban J connectivity index is 2.57. The molecule has 7 heteroatoms. The van der Waals surface area contributed by atoms with E-state index in [1.807, 2.05) is 6.92 Å². The van der Waals surface area contributed by atoms with E-state index in [9.17, 15) is 24.6 Å². The van der Waals surface area contributed by atoms with Crippen molar-refractivity contribution in [1.29, 1.82) is 0 Å². The highest BCUT2D eigenvalue weighted by Gasteiger charge is 2.43. The van der Waals surface area contributed by atoms with E-state index in [0.29, 0.717) is 12.8 Å². The van der Waals surface area contributed by atoms with Crippen LogP contribution >= 0.6 is 0 Å². The van der Waals surface area contributed by atoms with Gasteiger partial charge in [0.15, 0.2) is 5.78 Å². The van der Waals surface area contributed by atoms with Gasteiger partial charge in [-0.15, -0.1) is 0 Å². The number of aliphatic hydroxyl groups excluding tert-OH is 3. The lowest BCUT2D eigenvalue weighted by molar-refractivity contribution is -0.151. The molecular weight excluding hydrogens is 304 g/mol. The number of hydrogen-bond donors (Lipinski definition) is 3. The predicted octanol–water partition coefficient (Wildman–Crippen LogP) is -0.214. The minimum Gasteiger partial charge on any atom is -0.392 e. The summed E-state index contributed by atoms with van der Waals surface area (Å²) in [6, 6.07) is 0. The molecule has 0 fully saturated rings. The Labute approximate surface area is 133 Å². The highest BCUT2D eigenvalue weighted by atomic mass is 16.6. The standard InChI is InChI=1S/C16H20O7/c1-2-3-9-13-10(15(21)23-16(13)22)6-8(4-5-17)11(18)7-12(19)14(9)20/h4,9,11,14,17-18,20H,2-3,5-7H2,1H3/b8-4-/t9-,11+,14+/m1/s1. The van der Waals surface area contributed by atoms with Crippen molar-refractivity contribution in [3.63, 3.8) is 0 Å². The quantitative estimate of drug-likeness (QED) is 0.373. The summed E-state index contributed by atoms with van der Waals surface area (Å²) in [5.41, 5.74) is 0.306. The van der Waals surface area contributed by atoms with Crippen molar-refractivity contribution >= 4 is 17.7 Å². The zero-order valence-electron chi connectivity index (χ0n) is 12.8. The van der Waals surface area contributed by atoms with Gasteiger partial charge in [0.25, 0.3) is 0 Å². The van der Waals surface area contributed by atoms with E-state index >= 15 is 0 Å². The zero-order chi connectivity index (χ0) is 17.1. The van der Waals surface area contributed by atoms with Gasteiger partial charge in [-0.25, -0.2) is 9.59 Å². The highest BCUT2D eigenvalue weighted by molar-refractivity contribution is 6.13. The van der Waals surface area contributed by atoms with Crippen LogP contribution in [0, 0.1) is 5.92 Å². The summed E-state index contributed by atoms with van der Waals surface area (Å²) in [5.74, 6) is -3.12. The first kappa shape index (κ1) is 17.5. The highest BCUT2D eigenvalue weighted by Crippen LogP contribution is 2.36. The molecule has 1 aliphatic carbocycles. The van der Waals surface area contributed by atoms with Crippen molar-refractivity contribution in [2.24, 2.45) is 5.92 Å². The van der Waals surface area contributed by atoms with Gasteiger partial charge in [0.05, 0.1) is 23.9 Å². The largest absolute Gasteiger partial charge is 0.392 e. The number of aliphatic hydroxyl groups is 3. The van der Waals surface area contributed by atoms with Crippen molar-refractivity contribution in [3.05, 3.63) is 22.8 Å². The third-order valence-corrected chi connectivity index (χ3v) is 4.22. The van der Waals surface area contributed by atoms with Crippen LogP contribution in [0.3, 0.4) is 0 Å². The molecule has 0 amide bonds. The Morgan fingerprint density at radius 1 is 1.22 bits per heavy atom. The molecule has 126 valence electrons. The molecule has 2 aliphatic rings. The minimum atomic E-state index is -1.48. The van der Waals surface area contributed by atoms with Gasteiger partial charge >= 0.3 is 11.9 Å². The topological polar surface area (TPSA) is 121 Å². The van der Waals surface area contributed by atoms with E-state index < -0.39 is 35.8 Å². The maximum Gasteiger partial charge on any atom is 0.342 e. The van der Waals surface area contributed by atoms with Gasteiger partial charge in [-0.1, -0.05) is 19.4 Å². The predicted molar refractivity (Wildman–Crippen MR) is 77.9 cm³/mol. The number of ketones is 1. The van der Waals surface area contributed by atoms with Crippen LogP contribution in [0.4, 0.5) is 0 Å². The number of rotatable bonds is 3. The first-order valence-corrected chi connectivity index (χ1v) is 7.58. The van der Waals surface area contributed by atoms with Crippen molar-refractivity contribution in [2.45, 2.75) is 44.8 Å². The lowest BCUT2D eigenvalue weighted by Gasteiger charge is -2.21. The summed E-state index contributed by atoms with van der Waals surface area (Å²) in [4.78, 5) is 36.2. The Kier molecular flexibility index (Phi) is 5.46. The second-order valence-electron chi connectivity index (χ2n) is 5.73. The van der Waals surface area contributed by atoms with Gasteiger partial charge < -0.3 is 20.1 Å². The SMILES string of the molecule is CCC[C@@H]1C2=C(C/C(=C/CO)[C@@H](O)CC(=O)[C@H]1O)C(=O)OC2=O. The number of carbonyl (C=O) groups is 3. The van der Waals surface area contributed by atoms with E-state index in [-0.39, 0.29) is 36.2 Å². The molecule has 0 unspecified atom stereocenters. The molecule has 0 saturated carbocycles. The van der Waals surface area contributed by atoms with Crippen LogP contribution in [0.1, 0.15) is 32.6 Å². The molecule has 23 heavy (non-hydrogen) atoms. The van der Waals surface area contributed by atoms with Gasteiger partial charge in [-0.05, 0) is 12.0 Å².